The third-order valence-corrected chi connectivity index (χ3v) is 4.54. The van der Waals surface area contributed by atoms with Crippen LogP contribution in [0.1, 0.15) is 24.0 Å². The van der Waals surface area contributed by atoms with E-state index in [1.54, 1.807) is 0 Å². The van der Waals surface area contributed by atoms with Gasteiger partial charge in [-0.15, -0.1) is 0 Å². The monoisotopic (exact) mass is 340 g/mol. The Labute approximate surface area is 148 Å². The molecule has 2 aromatic carbocycles. The van der Waals surface area contributed by atoms with E-state index in [0.29, 0.717) is 19.7 Å². The number of aliphatic hydroxyl groups excluding tert-OH is 1. The van der Waals surface area contributed by atoms with Gasteiger partial charge in [0, 0.05) is 18.5 Å². The van der Waals surface area contributed by atoms with Crippen LogP contribution in [0.4, 0.5) is 4.79 Å². The number of hydrogen-bond acceptors (Lipinski definition) is 3. The number of carbonyl (C=O) groups excluding carboxylic acids is 1. The van der Waals surface area contributed by atoms with Gasteiger partial charge in [-0.2, -0.15) is 0 Å². The van der Waals surface area contributed by atoms with Gasteiger partial charge in [-0.3, -0.25) is 0 Å². The predicted octanol–water partition coefficient (Wildman–Crippen LogP) is 2.84. The SMILES string of the molecule is O=C(NCc1ccc(COc2ccccc2)cc1)NCC1(CO)CC1. The highest BCUT2D eigenvalue weighted by molar-refractivity contribution is 5.73. The third-order valence-electron chi connectivity index (χ3n) is 4.54. The standard InChI is InChI=1S/C20H24N2O3/c23-15-20(10-11-20)14-22-19(24)21-12-16-6-8-17(9-7-16)13-25-18-4-2-1-3-5-18/h1-9,23H,10-15H2,(H2,21,22,24). The highest BCUT2D eigenvalue weighted by Gasteiger charge is 2.42. The van der Waals surface area contributed by atoms with Crippen molar-refractivity contribution in [3.05, 3.63) is 65.7 Å². The number of rotatable bonds is 8. The average Bonchev–Trinajstić information content (AvgIpc) is 3.45. The molecule has 0 spiro atoms. The van der Waals surface area contributed by atoms with Crippen LogP contribution in [0.15, 0.2) is 54.6 Å². The predicted molar refractivity (Wildman–Crippen MR) is 96.2 cm³/mol. The second-order valence-corrected chi connectivity index (χ2v) is 6.61. The van der Waals surface area contributed by atoms with Crippen molar-refractivity contribution in [3.63, 3.8) is 0 Å². The van der Waals surface area contributed by atoms with E-state index in [1.165, 1.54) is 0 Å². The van der Waals surface area contributed by atoms with Gasteiger partial charge in [0.2, 0.25) is 0 Å². The number of amides is 2. The molecule has 0 unspecified atom stereocenters. The van der Waals surface area contributed by atoms with Gasteiger partial charge in [0.25, 0.3) is 0 Å². The summed E-state index contributed by atoms with van der Waals surface area (Å²) in [6.45, 7) is 1.66. The Hall–Kier alpha value is -2.53. The molecule has 3 N–H and O–H groups in total. The van der Waals surface area contributed by atoms with Crippen molar-refractivity contribution in [2.75, 3.05) is 13.2 Å². The molecule has 0 aromatic heterocycles. The molecule has 1 saturated carbocycles. The van der Waals surface area contributed by atoms with Gasteiger partial charge in [-0.25, -0.2) is 4.79 Å². The van der Waals surface area contributed by atoms with E-state index in [4.69, 9.17) is 4.74 Å². The molecule has 1 fully saturated rings. The average molecular weight is 340 g/mol. The summed E-state index contributed by atoms with van der Waals surface area (Å²) in [6.07, 6.45) is 1.96. The molecule has 0 radical (unpaired) electrons. The molecule has 2 amide bonds. The van der Waals surface area contributed by atoms with Gasteiger partial charge in [0.05, 0.1) is 6.61 Å². The lowest BCUT2D eigenvalue weighted by Crippen LogP contribution is -2.39. The first-order valence-electron chi connectivity index (χ1n) is 8.57. The molecule has 0 atom stereocenters. The zero-order valence-corrected chi connectivity index (χ0v) is 14.2. The van der Waals surface area contributed by atoms with Gasteiger partial charge in [-0.05, 0) is 36.1 Å². The Bertz CT molecular complexity index is 682. The number of hydrogen-bond donors (Lipinski definition) is 3. The number of carbonyl (C=O) groups is 1. The summed E-state index contributed by atoms with van der Waals surface area (Å²) in [5, 5.41) is 14.9. The minimum absolute atomic E-state index is 0.0717. The van der Waals surface area contributed by atoms with Gasteiger partial charge >= 0.3 is 6.03 Å². The van der Waals surface area contributed by atoms with Crippen molar-refractivity contribution in [2.45, 2.75) is 26.0 Å². The van der Waals surface area contributed by atoms with Crippen molar-refractivity contribution in [3.8, 4) is 5.75 Å². The van der Waals surface area contributed by atoms with Crippen LogP contribution in [0.5, 0.6) is 5.75 Å². The van der Waals surface area contributed by atoms with Crippen LogP contribution in [0.3, 0.4) is 0 Å². The van der Waals surface area contributed by atoms with Crippen molar-refractivity contribution < 1.29 is 14.6 Å². The van der Waals surface area contributed by atoms with Gasteiger partial charge in [0.15, 0.2) is 0 Å². The van der Waals surface area contributed by atoms with Gasteiger partial charge < -0.3 is 20.5 Å². The summed E-state index contributed by atoms with van der Waals surface area (Å²) in [7, 11) is 0. The summed E-state index contributed by atoms with van der Waals surface area (Å²) in [4.78, 5) is 11.8. The maximum absolute atomic E-state index is 11.8. The van der Waals surface area contributed by atoms with E-state index in [2.05, 4.69) is 10.6 Å². The molecule has 1 aliphatic rings. The number of nitrogens with one attached hydrogen (secondary N) is 2. The Balaban J connectivity index is 1.39. The van der Waals surface area contributed by atoms with E-state index >= 15 is 0 Å². The van der Waals surface area contributed by atoms with Crippen LogP contribution in [0.2, 0.25) is 0 Å². The second-order valence-electron chi connectivity index (χ2n) is 6.61. The molecule has 25 heavy (non-hydrogen) atoms. The summed E-state index contributed by atoms with van der Waals surface area (Å²) < 4.78 is 5.71. The first-order valence-corrected chi connectivity index (χ1v) is 8.57. The second kappa shape index (κ2) is 8.03. The number of para-hydroxylation sites is 1. The molecule has 132 valence electrons. The maximum Gasteiger partial charge on any atom is 0.315 e. The molecule has 5 nitrogen and oxygen atoms in total. The van der Waals surface area contributed by atoms with Crippen molar-refractivity contribution in [2.24, 2.45) is 5.41 Å². The smallest absolute Gasteiger partial charge is 0.315 e. The van der Waals surface area contributed by atoms with E-state index < -0.39 is 0 Å². The third kappa shape index (κ3) is 5.22. The molecule has 0 bridgehead atoms. The minimum atomic E-state index is -0.198. The normalized spacial score (nSPS) is 14.6. The summed E-state index contributed by atoms with van der Waals surface area (Å²) in [5.74, 6) is 0.848. The lowest BCUT2D eigenvalue weighted by Gasteiger charge is -2.13. The quantitative estimate of drug-likeness (QED) is 0.692. The molecule has 3 rings (SSSR count). The van der Waals surface area contributed by atoms with Crippen molar-refractivity contribution in [1.29, 1.82) is 0 Å². The fraction of sp³-hybridized carbons (Fsp3) is 0.350. The molecule has 0 saturated heterocycles. The summed E-state index contributed by atoms with van der Waals surface area (Å²) >= 11 is 0. The van der Waals surface area contributed by atoms with Crippen molar-refractivity contribution >= 4 is 6.03 Å². The molecular weight excluding hydrogens is 316 g/mol. The van der Waals surface area contributed by atoms with Crippen LogP contribution in [-0.2, 0) is 13.2 Å². The van der Waals surface area contributed by atoms with Crippen molar-refractivity contribution in [1.82, 2.24) is 10.6 Å². The van der Waals surface area contributed by atoms with Gasteiger partial charge in [0.1, 0.15) is 12.4 Å². The molecule has 5 heteroatoms. The number of urea groups is 1. The van der Waals surface area contributed by atoms with Crippen LogP contribution < -0.4 is 15.4 Å². The zero-order chi connectivity index (χ0) is 17.5. The van der Waals surface area contributed by atoms with Gasteiger partial charge in [-0.1, -0.05) is 42.5 Å². The summed E-state index contributed by atoms with van der Waals surface area (Å²) in [5.41, 5.74) is 2.04. The van der Waals surface area contributed by atoms with E-state index in [9.17, 15) is 9.90 Å². The number of aliphatic hydroxyl groups is 1. The Morgan fingerprint density at radius 2 is 1.68 bits per heavy atom. The lowest BCUT2D eigenvalue weighted by molar-refractivity contribution is 0.203. The first-order chi connectivity index (χ1) is 12.2. The van der Waals surface area contributed by atoms with E-state index in [0.717, 1.165) is 29.7 Å². The molecule has 2 aromatic rings. The minimum Gasteiger partial charge on any atom is -0.489 e. The Morgan fingerprint density at radius 1 is 1.00 bits per heavy atom. The van der Waals surface area contributed by atoms with Crippen LogP contribution >= 0.6 is 0 Å². The first kappa shape index (κ1) is 17.3. The van der Waals surface area contributed by atoms with E-state index in [-0.39, 0.29) is 18.1 Å². The molecular formula is C20H24N2O3. The lowest BCUT2D eigenvalue weighted by atomic mass is 10.1. The zero-order valence-electron chi connectivity index (χ0n) is 14.2. The highest BCUT2D eigenvalue weighted by atomic mass is 16.5. The molecule has 0 heterocycles. The fourth-order valence-electron chi connectivity index (χ4n) is 2.52. The maximum atomic E-state index is 11.8. The summed E-state index contributed by atoms with van der Waals surface area (Å²) in [6, 6.07) is 17.5. The molecule has 1 aliphatic carbocycles. The fourth-order valence-corrected chi connectivity index (χ4v) is 2.52. The van der Waals surface area contributed by atoms with Crippen LogP contribution in [0, 0.1) is 5.41 Å². The number of benzene rings is 2. The Morgan fingerprint density at radius 3 is 2.32 bits per heavy atom. The van der Waals surface area contributed by atoms with Crippen LogP contribution in [-0.4, -0.2) is 24.3 Å². The topological polar surface area (TPSA) is 70.6 Å². The van der Waals surface area contributed by atoms with E-state index in [1.807, 2.05) is 54.6 Å². The largest absolute Gasteiger partial charge is 0.489 e. The highest BCUT2D eigenvalue weighted by Crippen LogP contribution is 2.44. The molecule has 0 aliphatic heterocycles. The number of ether oxygens (including phenoxy) is 1. The van der Waals surface area contributed by atoms with Crippen LogP contribution in [0.25, 0.3) is 0 Å². The Kier molecular flexibility index (Phi) is 5.56.